The molecule has 0 aliphatic carbocycles. The molecule has 2 aromatic rings. The summed E-state index contributed by atoms with van der Waals surface area (Å²) in [5.74, 6) is 0.130. The molecule has 1 aromatic carbocycles. The van der Waals surface area contributed by atoms with E-state index in [-0.39, 0.29) is 29.5 Å². The molecule has 1 fully saturated rings. The number of ether oxygens (including phenoxy) is 2. The van der Waals surface area contributed by atoms with Crippen LogP contribution in [-0.4, -0.2) is 59.1 Å². The molecule has 1 aromatic heterocycles. The fourth-order valence-electron chi connectivity index (χ4n) is 2.91. The van der Waals surface area contributed by atoms with Crippen LogP contribution in [0, 0.1) is 0 Å². The van der Waals surface area contributed by atoms with Crippen LogP contribution in [0.2, 0.25) is 0 Å². The van der Waals surface area contributed by atoms with Crippen LogP contribution in [0.25, 0.3) is 0 Å². The van der Waals surface area contributed by atoms with Crippen molar-refractivity contribution in [3.8, 4) is 5.75 Å². The number of nitrogens with zero attached hydrogens (tertiary/aromatic N) is 4. The predicted octanol–water partition coefficient (Wildman–Crippen LogP) is 2.44. The van der Waals surface area contributed by atoms with E-state index in [0.29, 0.717) is 24.9 Å². The molecular formula is C18H22F3N5O3S. The number of carbonyl (C=O) groups excluding carboxylic acids is 1. The highest BCUT2D eigenvalue weighted by Crippen LogP contribution is 2.26. The minimum atomic E-state index is -4.79. The van der Waals surface area contributed by atoms with Gasteiger partial charge in [-0.05, 0) is 13.0 Å². The number of hydrogen-bond acceptors (Lipinski definition) is 7. The predicted molar refractivity (Wildman–Crippen MR) is 104 cm³/mol. The number of alkyl halides is 3. The Hall–Kier alpha value is -2.47. The largest absolute Gasteiger partial charge is 0.573 e. The maximum absolute atomic E-state index is 12.5. The van der Waals surface area contributed by atoms with E-state index in [1.165, 1.54) is 30.0 Å². The molecule has 164 valence electrons. The molecule has 0 radical (unpaired) electrons. The van der Waals surface area contributed by atoms with E-state index < -0.39 is 6.36 Å². The van der Waals surface area contributed by atoms with Gasteiger partial charge in [0.25, 0.3) is 0 Å². The SMILES string of the molecule is CCn1c(SCC(=O)NCc2ccccc2OC(F)(F)F)nnc1N1CCOCC1. The second-order valence-corrected chi connectivity index (χ2v) is 7.29. The van der Waals surface area contributed by atoms with Crippen LogP contribution < -0.4 is 15.0 Å². The zero-order valence-corrected chi connectivity index (χ0v) is 17.1. The third-order valence-electron chi connectivity index (χ3n) is 4.31. The first-order chi connectivity index (χ1) is 14.4. The highest BCUT2D eigenvalue weighted by molar-refractivity contribution is 7.99. The number of amides is 1. The molecule has 3 rings (SSSR count). The van der Waals surface area contributed by atoms with E-state index in [0.717, 1.165) is 19.0 Å². The molecule has 8 nitrogen and oxygen atoms in total. The molecule has 0 bridgehead atoms. The molecule has 1 saturated heterocycles. The van der Waals surface area contributed by atoms with Gasteiger partial charge in [-0.25, -0.2) is 0 Å². The highest BCUT2D eigenvalue weighted by Gasteiger charge is 2.32. The second-order valence-electron chi connectivity index (χ2n) is 6.35. The average Bonchev–Trinajstić information content (AvgIpc) is 3.14. The van der Waals surface area contributed by atoms with Crippen molar-refractivity contribution in [2.45, 2.75) is 31.5 Å². The summed E-state index contributed by atoms with van der Waals surface area (Å²) in [6.07, 6.45) is -4.79. The Morgan fingerprint density at radius 1 is 1.27 bits per heavy atom. The summed E-state index contributed by atoms with van der Waals surface area (Å²) in [6, 6.07) is 5.69. The van der Waals surface area contributed by atoms with Crippen molar-refractivity contribution in [2.24, 2.45) is 0 Å². The third kappa shape index (κ3) is 6.02. The third-order valence-corrected chi connectivity index (χ3v) is 5.28. The number of aromatic nitrogens is 3. The maximum Gasteiger partial charge on any atom is 0.573 e. The van der Waals surface area contributed by atoms with Crippen molar-refractivity contribution in [1.82, 2.24) is 20.1 Å². The number of benzene rings is 1. The molecule has 30 heavy (non-hydrogen) atoms. The van der Waals surface area contributed by atoms with Gasteiger partial charge < -0.3 is 19.7 Å². The number of anilines is 1. The van der Waals surface area contributed by atoms with Crippen molar-refractivity contribution in [3.05, 3.63) is 29.8 Å². The first-order valence-corrected chi connectivity index (χ1v) is 10.3. The first-order valence-electron chi connectivity index (χ1n) is 9.36. The molecule has 1 aliphatic rings. The Balaban J connectivity index is 1.55. The highest BCUT2D eigenvalue weighted by atomic mass is 32.2. The van der Waals surface area contributed by atoms with Gasteiger partial charge in [0, 0.05) is 31.7 Å². The van der Waals surface area contributed by atoms with E-state index >= 15 is 0 Å². The number of morpholine rings is 1. The van der Waals surface area contributed by atoms with Gasteiger partial charge in [-0.15, -0.1) is 23.4 Å². The van der Waals surface area contributed by atoms with Crippen LogP contribution in [-0.2, 0) is 22.6 Å². The Morgan fingerprint density at radius 2 is 2.00 bits per heavy atom. The fraction of sp³-hybridized carbons (Fsp3) is 0.500. The summed E-state index contributed by atoms with van der Waals surface area (Å²) in [6.45, 7) is 5.24. The normalized spacial score (nSPS) is 14.6. The van der Waals surface area contributed by atoms with Gasteiger partial charge in [-0.2, -0.15) is 0 Å². The molecule has 0 unspecified atom stereocenters. The lowest BCUT2D eigenvalue weighted by Crippen LogP contribution is -2.38. The molecule has 12 heteroatoms. The first kappa shape index (κ1) is 22.2. The number of halogens is 3. The van der Waals surface area contributed by atoms with Gasteiger partial charge in [0.1, 0.15) is 5.75 Å². The van der Waals surface area contributed by atoms with Crippen LogP contribution in [0.3, 0.4) is 0 Å². The molecule has 1 N–H and O–H groups in total. The maximum atomic E-state index is 12.5. The van der Waals surface area contributed by atoms with Gasteiger partial charge in [0.05, 0.1) is 19.0 Å². The second kappa shape index (κ2) is 10.0. The van der Waals surface area contributed by atoms with E-state index in [1.807, 2.05) is 11.5 Å². The number of thioether (sulfide) groups is 1. The monoisotopic (exact) mass is 445 g/mol. The van der Waals surface area contributed by atoms with Crippen LogP contribution in [0.5, 0.6) is 5.75 Å². The minimum absolute atomic E-state index is 0.0591. The number of hydrogen-bond donors (Lipinski definition) is 1. The van der Waals surface area contributed by atoms with Gasteiger partial charge >= 0.3 is 6.36 Å². The summed E-state index contributed by atoms with van der Waals surface area (Å²) in [7, 11) is 0. The summed E-state index contributed by atoms with van der Waals surface area (Å²) in [5, 5.41) is 11.6. The lowest BCUT2D eigenvalue weighted by molar-refractivity contribution is -0.274. The Labute approximate surface area is 175 Å². The lowest BCUT2D eigenvalue weighted by atomic mass is 10.2. The zero-order valence-electron chi connectivity index (χ0n) is 16.3. The summed E-state index contributed by atoms with van der Waals surface area (Å²) >= 11 is 1.22. The number of nitrogens with one attached hydrogen (secondary N) is 1. The fourth-order valence-corrected chi connectivity index (χ4v) is 3.74. The van der Waals surface area contributed by atoms with Crippen LogP contribution in [0.4, 0.5) is 19.1 Å². The average molecular weight is 445 g/mol. The van der Waals surface area contributed by atoms with Crippen LogP contribution in [0.1, 0.15) is 12.5 Å². The smallest absolute Gasteiger partial charge is 0.405 e. The minimum Gasteiger partial charge on any atom is -0.405 e. The summed E-state index contributed by atoms with van der Waals surface area (Å²) < 4.78 is 48.8. The van der Waals surface area contributed by atoms with Gasteiger partial charge in [-0.1, -0.05) is 30.0 Å². The van der Waals surface area contributed by atoms with Crippen molar-refractivity contribution in [3.63, 3.8) is 0 Å². The standard InChI is InChI=1S/C18H22F3N5O3S/c1-2-26-16(25-7-9-28-10-8-25)23-24-17(26)30-12-15(27)22-11-13-5-3-4-6-14(13)29-18(19,20)21/h3-6H,2,7-12H2,1H3,(H,22,27). The molecule has 0 atom stereocenters. The molecule has 2 heterocycles. The topological polar surface area (TPSA) is 81.5 Å². The number of para-hydroxylation sites is 1. The van der Waals surface area contributed by atoms with Gasteiger partial charge in [0.2, 0.25) is 11.9 Å². The number of carbonyl (C=O) groups is 1. The summed E-state index contributed by atoms with van der Waals surface area (Å²) in [4.78, 5) is 14.3. The van der Waals surface area contributed by atoms with E-state index in [1.54, 1.807) is 6.07 Å². The van der Waals surface area contributed by atoms with E-state index in [2.05, 4.69) is 25.2 Å². The molecule has 1 amide bonds. The van der Waals surface area contributed by atoms with Gasteiger partial charge in [-0.3, -0.25) is 9.36 Å². The Kier molecular flexibility index (Phi) is 7.43. The number of rotatable bonds is 8. The molecular weight excluding hydrogens is 423 g/mol. The van der Waals surface area contributed by atoms with Crippen molar-refractivity contribution >= 4 is 23.6 Å². The van der Waals surface area contributed by atoms with Crippen molar-refractivity contribution < 1.29 is 27.4 Å². The summed E-state index contributed by atoms with van der Waals surface area (Å²) in [5.41, 5.74) is 0.236. The van der Waals surface area contributed by atoms with Crippen LogP contribution in [0.15, 0.2) is 29.4 Å². The van der Waals surface area contributed by atoms with Crippen molar-refractivity contribution in [1.29, 1.82) is 0 Å². The molecule has 1 aliphatic heterocycles. The van der Waals surface area contributed by atoms with Gasteiger partial charge in [0.15, 0.2) is 5.16 Å². The zero-order chi connectivity index (χ0) is 21.6. The lowest BCUT2D eigenvalue weighted by Gasteiger charge is -2.27. The Morgan fingerprint density at radius 3 is 2.70 bits per heavy atom. The van der Waals surface area contributed by atoms with E-state index in [4.69, 9.17) is 4.74 Å². The van der Waals surface area contributed by atoms with Crippen LogP contribution >= 0.6 is 11.8 Å². The quantitative estimate of drug-likeness (QED) is 0.625. The molecule has 0 spiro atoms. The Bertz CT molecular complexity index is 856. The van der Waals surface area contributed by atoms with Crippen molar-refractivity contribution in [2.75, 3.05) is 37.0 Å². The molecule has 0 saturated carbocycles. The van der Waals surface area contributed by atoms with E-state index in [9.17, 15) is 18.0 Å².